The van der Waals surface area contributed by atoms with Gasteiger partial charge in [-0.05, 0) is 40.0 Å². The highest BCUT2D eigenvalue weighted by Crippen LogP contribution is 2.27. The number of rotatable bonds is 5. The third-order valence-electron chi connectivity index (χ3n) is 2.51. The maximum Gasteiger partial charge on any atom is 0.149 e. The molecule has 0 radical (unpaired) electrons. The average Bonchev–Trinajstić information content (AvgIpc) is 2.28. The maximum atomic E-state index is 11.8. The molecule has 0 aromatic heterocycles. The summed E-state index contributed by atoms with van der Waals surface area (Å²) < 4.78 is 6.08. The first-order chi connectivity index (χ1) is 7.95. The number of methoxy groups -OCH3 is 1. The average molecular weight is 364 g/mol. The van der Waals surface area contributed by atoms with E-state index in [-0.39, 0.29) is 16.5 Å². The molecule has 0 heterocycles. The molecule has 0 aliphatic rings. The molecule has 0 saturated heterocycles. The number of carbonyl (C=O) groups excluding carboxylic acids is 1. The summed E-state index contributed by atoms with van der Waals surface area (Å²) in [6.07, 6.45) is 0.694. The molecule has 0 aliphatic heterocycles. The number of hydrogen-bond acceptors (Lipinski definition) is 2. The van der Waals surface area contributed by atoms with Gasteiger partial charge in [0.1, 0.15) is 11.5 Å². The molecule has 0 saturated carbocycles. The van der Waals surface area contributed by atoms with Gasteiger partial charge in [-0.25, -0.2) is 0 Å². The molecule has 0 amide bonds. The Morgan fingerprint density at radius 1 is 1.41 bits per heavy atom. The van der Waals surface area contributed by atoms with Crippen LogP contribution >= 0.6 is 31.9 Å². The van der Waals surface area contributed by atoms with Gasteiger partial charge >= 0.3 is 0 Å². The molecule has 17 heavy (non-hydrogen) atoms. The highest BCUT2D eigenvalue weighted by atomic mass is 79.9. The number of halogens is 2. The molecule has 0 bridgehead atoms. The fraction of sp³-hybridized carbons (Fsp3) is 0.462. The normalized spacial score (nSPS) is 12.6. The second-order valence-electron chi connectivity index (χ2n) is 4.20. The predicted molar refractivity (Wildman–Crippen MR) is 77.0 cm³/mol. The van der Waals surface area contributed by atoms with Crippen LogP contribution in [0.25, 0.3) is 0 Å². The van der Waals surface area contributed by atoms with Crippen LogP contribution < -0.4 is 4.74 Å². The van der Waals surface area contributed by atoms with E-state index in [1.165, 1.54) is 0 Å². The van der Waals surface area contributed by atoms with Gasteiger partial charge in [0.15, 0.2) is 0 Å². The first-order valence-electron chi connectivity index (χ1n) is 5.46. The standard InChI is InChI=1S/C13H16Br2O2/c1-8(2)13(16)11(15)7-9-4-5-12(17-3)10(14)6-9/h4-6,8,11H,7H2,1-3H3. The van der Waals surface area contributed by atoms with Crippen LogP contribution in [0, 0.1) is 5.92 Å². The van der Waals surface area contributed by atoms with E-state index in [1.54, 1.807) is 7.11 Å². The smallest absolute Gasteiger partial charge is 0.149 e. The lowest BCUT2D eigenvalue weighted by atomic mass is 10.0. The van der Waals surface area contributed by atoms with Crippen molar-refractivity contribution in [1.82, 2.24) is 0 Å². The summed E-state index contributed by atoms with van der Waals surface area (Å²) in [6.45, 7) is 3.83. The van der Waals surface area contributed by atoms with E-state index in [0.717, 1.165) is 15.8 Å². The fourth-order valence-electron chi connectivity index (χ4n) is 1.51. The van der Waals surface area contributed by atoms with Gasteiger partial charge in [0.25, 0.3) is 0 Å². The highest BCUT2D eigenvalue weighted by Gasteiger charge is 2.18. The molecule has 1 atom stereocenters. The lowest BCUT2D eigenvalue weighted by Crippen LogP contribution is -2.21. The number of alkyl halides is 1. The molecular weight excluding hydrogens is 348 g/mol. The van der Waals surface area contributed by atoms with Crippen molar-refractivity contribution in [2.24, 2.45) is 5.92 Å². The molecular formula is C13H16Br2O2. The topological polar surface area (TPSA) is 26.3 Å². The number of hydrogen-bond donors (Lipinski definition) is 0. The number of ketones is 1. The monoisotopic (exact) mass is 362 g/mol. The third-order valence-corrected chi connectivity index (χ3v) is 3.90. The van der Waals surface area contributed by atoms with Gasteiger partial charge in [0.05, 0.1) is 16.4 Å². The van der Waals surface area contributed by atoms with Crippen molar-refractivity contribution >= 4 is 37.6 Å². The minimum atomic E-state index is -0.122. The van der Waals surface area contributed by atoms with Crippen LogP contribution in [0.1, 0.15) is 19.4 Å². The predicted octanol–water partition coefficient (Wildman–Crippen LogP) is 3.99. The van der Waals surface area contributed by atoms with E-state index >= 15 is 0 Å². The summed E-state index contributed by atoms with van der Waals surface area (Å²) in [4.78, 5) is 11.6. The number of carbonyl (C=O) groups is 1. The molecule has 0 fully saturated rings. The third kappa shape index (κ3) is 4.11. The zero-order chi connectivity index (χ0) is 13.0. The SMILES string of the molecule is COc1ccc(CC(Br)C(=O)C(C)C)cc1Br. The van der Waals surface area contributed by atoms with Gasteiger partial charge in [-0.1, -0.05) is 35.8 Å². The summed E-state index contributed by atoms with van der Waals surface area (Å²) in [5, 5.41) is 0. The van der Waals surface area contributed by atoms with Gasteiger partial charge in [0.2, 0.25) is 0 Å². The summed E-state index contributed by atoms with van der Waals surface area (Å²) in [6, 6.07) is 5.87. The van der Waals surface area contributed by atoms with E-state index in [9.17, 15) is 4.79 Å². The molecule has 0 aliphatic carbocycles. The van der Waals surface area contributed by atoms with E-state index in [1.807, 2.05) is 32.0 Å². The quantitative estimate of drug-likeness (QED) is 0.739. The van der Waals surface area contributed by atoms with Crippen molar-refractivity contribution in [3.05, 3.63) is 28.2 Å². The lowest BCUT2D eigenvalue weighted by molar-refractivity contribution is -0.121. The Bertz CT molecular complexity index is 402. The molecule has 1 aromatic carbocycles. The Morgan fingerprint density at radius 3 is 2.53 bits per heavy atom. The van der Waals surface area contributed by atoms with E-state index < -0.39 is 0 Å². The van der Waals surface area contributed by atoms with Crippen LogP contribution in [-0.2, 0) is 11.2 Å². The Kier molecular flexibility index (Phi) is 5.67. The van der Waals surface area contributed by atoms with Crippen molar-refractivity contribution in [1.29, 1.82) is 0 Å². The molecule has 0 N–H and O–H groups in total. The fourth-order valence-corrected chi connectivity index (χ4v) is 3.00. The van der Waals surface area contributed by atoms with Gasteiger partial charge in [-0.3, -0.25) is 4.79 Å². The molecule has 1 unspecified atom stereocenters. The first-order valence-corrected chi connectivity index (χ1v) is 7.16. The largest absolute Gasteiger partial charge is 0.496 e. The van der Waals surface area contributed by atoms with Crippen LogP contribution in [-0.4, -0.2) is 17.7 Å². The molecule has 1 aromatic rings. The number of benzene rings is 1. The molecule has 2 nitrogen and oxygen atoms in total. The minimum absolute atomic E-state index is 0.0565. The van der Waals surface area contributed by atoms with Crippen molar-refractivity contribution in [3.63, 3.8) is 0 Å². The van der Waals surface area contributed by atoms with E-state index in [2.05, 4.69) is 31.9 Å². The van der Waals surface area contributed by atoms with Gasteiger partial charge in [-0.2, -0.15) is 0 Å². The van der Waals surface area contributed by atoms with Crippen molar-refractivity contribution in [2.45, 2.75) is 25.1 Å². The molecule has 0 spiro atoms. The van der Waals surface area contributed by atoms with Gasteiger partial charge in [-0.15, -0.1) is 0 Å². The zero-order valence-corrected chi connectivity index (χ0v) is 13.3. The van der Waals surface area contributed by atoms with Gasteiger partial charge in [0, 0.05) is 5.92 Å². The van der Waals surface area contributed by atoms with Crippen molar-refractivity contribution in [3.8, 4) is 5.75 Å². The molecule has 94 valence electrons. The second-order valence-corrected chi connectivity index (χ2v) is 6.16. The second kappa shape index (κ2) is 6.55. The summed E-state index contributed by atoms with van der Waals surface area (Å²) in [5.74, 6) is 1.09. The Balaban J connectivity index is 2.75. The lowest BCUT2D eigenvalue weighted by Gasteiger charge is -2.12. The number of Topliss-reactive ketones (excluding diaryl/α,β-unsaturated/α-hetero) is 1. The summed E-state index contributed by atoms with van der Waals surface area (Å²) in [7, 11) is 1.63. The van der Waals surface area contributed by atoms with Crippen LogP contribution in [0.5, 0.6) is 5.75 Å². The summed E-state index contributed by atoms with van der Waals surface area (Å²) in [5.41, 5.74) is 1.11. The highest BCUT2D eigenvalue weighted by molar-refractivity contribution is 9.10. The Morgan fingerprint density at radius 2 is 2.06 bits per heavy atom. The van der Waals surface area contributed by atoms with Gasteiger partial charge < -0.3 is 4.74 Å². The van der Waals surface area contributed by atoms with E-state index in [0.29, 0.717) is 6.42 Å². The first kappa shape index (κ1) is 14.7. The van der Waals surface area contributed by atoms with Crippen molar-refractivity contribution < 1.29 is 9.53 Å². The molecule has 4 heteroatoms. The van der Waals surface area contributed by atoms with Crippen LogP contribution in [0.4, 0.5) is 0 Å². The van der Waals surface area contributed by atoms with Crippen LogP contribution in [0.2, 0.25) is 0 Å². The summed E-state index contributed by atoms with van der Waals surface area (Å²) >= 11 is 6.88. The zero-order valence-electron chi connectivity index (χ0n) is 10.2. The van der Waals surface area contributed by atoms with E-state index in [4.69, 9.17) is 4.74 Å². The van der Waals surface area contributed by atoms with Crippen LogP contribution in [0.3, 0.4) is 0 Å². The van der Waals surface area contributed by atoms with Crippen LogP contribution in [0.15, 0.2) is 22.7 Å². The Hall–Kier alpha value is -0.350. The molecule has 1 rings (SSSR count). The maximum absolute atomic E-state index is 11.8. The van der Waals surface area contributed by atoms with Crippen molar-refractivity contribution in [2.75, 3.05) is 7.11 Å². The number of ether oxygens (including phenoxy) is 1. The Labute approximate surface area is 119 Å². The minimum Gasteiger partial charge on any atom is -0.496 e.